The minimum absolute atomic E-state index is 0. The Hall–Kier alpha value is -1.66. The summed E-state index contributed by atoms with van der Waals surface area (Å²) in [6.45, 7) is 1.97. The quantitative estimate of drug-likeness (QED) is 0.423. The Morgan fingerprint density at radius 3 is 2.52 bits per heavy atom. The van der Waals surface area contributed by atoms with Crippen molar-refractivity contribution >= 4 is 17.0 Å². The summed E-state index contributed by atoms with van der Waals surface area (Å²) in [6.07, 6.45) is 1.10. The Labute approximate surface area is 169 Å². The number of hydrogen-bond acceptors (Lipinski definition) is 2. The van der Waals surface area contributed by atoms with Crippen LogP contribution in [-0.4, -0.2) is 23.9 Å². The first-order valence-corrected chi connectivity index (χ1v) is 9.10. The second kappa shape index (κ2) is 8.15. The third-order valence-electron chi connectivity index (χ3n) is 4.53. The van der Waals surface area contributed by atoms with Crippen LogP contribution in [0.25, 0.3) is 0 Å². The van der Waals surface area contributed by atoms with Crippen molar-refractivity contribution in [1.82, 2.24) is 0 Å². The predicted molar refractivity (Wildman–Crippen MR) is 99.5 cm³/mol. The van der Waals surface area contributed by atoms with E-state index >= 15 is 0 Å². The number of fused-ring (bicyclic) bond motifs is 1. The zero-order valence-corrected chi connectivity index (χ0v) is 17.1. The molecule has 2 heterocycles. The van der Waals surface area contributed by atoms with Crippen molar-refractivity contribution in [2.45, 2.75) is 13.0 Å². The van der Waals surface area contributed by atoms with Crippen LogP contribution in [0.2, 0.25) is 0 Å². The molecule has 1 aliphatic rings. The molecule has 128 valence electrons. The Morgan fingerprint density at radius 1 is 1.00 bits per heavy atom. The molecule has 0 radical (unpaired) electrons. The van der Waals surface area contributed by atoms with Crippen LogP contribution in [0.5, 0.6) is 5.75 Å². The summed E-state index contributed by atoms with van der Waals surface area (Å²) >= 11 is 1.81. The Morgan fingerprint density at radius 2 is 1.80 bits per heavy atom. The van der Waals surface area contributed by atoms with E-state index in [1.54, 1.807) is 7.11 Å². The van der Waals surface area contributed by atoms with Crippen LogP contribution < -0.4 is 28.7 Å². The van der Waals surface area contributed by atoms with E-state index in [1.165, 1.54) is 27.3 Å². The first-order valence-electron chi connectivity index (χ1n) is 8.22. The third-order valence-corrected chi connectivity index (χ3v) is 5.40. The van der Waals surface area contributed by atoms with E-state index in [4.69, 9.17) is 4.74 Å². The molecule has 0 atom stereocenters. The van der Waals surface area contributed by atoms with Crippen molar-refractivity contribution in [2.24, 2.45) is 0 Å². The smallest absolute Gasteiger partial charge is 0.225 e. The number of halogens is 1. The predicted octanol–water partition coefficient (Wildman–Crippen LogP) is 1.37. The Kier molecular flexibility index (Phi) is 5.91. The largest absolute Gasteiger partial charge is 1.00 e. The first kappa shape index (κ1) is 18.1. The first-order chi connectivity index (χ1) is 11.8. The second-order valence-electron chi connectivity index (χ2n) is 6.00. The highest BCUT2D eigenvalue weighted by Crippen LogP contribution is 2.24. The highest BCUT2D eigenvalue weighted by molar-refractivity contribution is 7.12. The van der Waals surface area contributed by atoms with Crippen molar-refractivity contribution in [3.63, 3.8) is 0 Å². The van der Waals surface area contributed by atoms with Crippen LogP contribution in [0.15, 0.2) is 66.0 Å². The van der Waals surface area contributed by atoms with Crippen molar-refractivity contribution in [1.29, 1.82) is 0 Å². The molecule has 0 N–H and O–H groups in total. The van der Waals surface area contributed by atoms with Gasteiger partial charge in [-0.2, -0.15) is 0 Å². The van der Waals surface area contributed by atoms with E-state index in [1.807, 2.05) is 23.5 Å². The van der Waals surface area contributed by atoms with Gasteiger partial charge in [0.25, 0.3) is 0 Å². The summed E-state index contributed by atoms with van der Waals surface area (Å²) in [7, 11) is 1.71. The average molecular weight is 461 g/mol. The molecule has 0 amide bonds. The molecule has 25 heavy (non-hydrogen) atoms. The average Bonchev–Trinajstić information content (AvgIpc) is 3.16. The van der Waals surface area contributed by atoms with Crippen molar-refractivity contribution in [3.05, 3.63) is 87.6 Å². The Balaban J connectivity index is 0.00000182. The number of thiophene rings is 1. The molecule has 0 saturated carbocycles. The van der Waals surface area contributed by atoms with Crippen LogP contribution in [0, 0.1) is 0 Å². The van der Waals surface area contributed by atoms with Gasteiger partial charge in [0.05, 0.1) is 17.6 Å². The van der Waals surface area contributed by atoms with E-state index in [2.05, 4.69) is 58.5 Å². The highest BCUT2D eigenvalue weighted by atomic mass is 127. The number of ether oxygens (including phenoxy) is 1. The molecule has 0 unspecified atom stereocenters. The lowest BCUT2D eigenvalue weighted by atomic mass is 9.95. The van der Waals surface area contributed by atoms with Crippen LogP contribution in [0.3, 0.4) is 0 Å². The van der Waals surface area contributed by atoms with Gasteiger partial charge < -0.3 is 28.7 Å². The molecule has 4 heteroatoms. The van der Waals surface area contributed by atoms with Crippen LogP contribution in [0.4, 0.5) is 0 Å². The topological polar surface area (TPSA) is 12.2 Å². The molecule has 2 nitrogen and oxygen atoms in total. The zero-order chi connectivity index (χ0) is 16.4. The molecule has 0 bridgehead atoms. The van der Waals surface area contributed by atoms with Gasteiger partial charge in [0.15, 0.2) is 6.54 Å². The van der Waals surface area contributed by atoms with Gasteiger partial charge >= 0.3 is 0 Å². The summed E-state index contributed by atoms with van der Waals surface area (Å²) < 4.78 is 7.78. The van der Waals surface area contributed by atoms with E-state index in [9.17, 15) is 0 Å². The summed E-state index contributed by atoms with van der Waals surface area (Å²) in [6, 6.07) is 21.6. The van der Waals surface area contributed by atoms with Crippen LogP contribution in [0.1, 0.15) is 21.6 Å². The van der Waals surface area contributed by atoms with Gasteiger partial charge in [-0.05, 0) is 47.3 Å². The van der Waals surface area contributed by atoms with Crippen molar-refractivity contribution in [3.8, 4) is 5.75 Å². The molecule has 1 aromatic heterocycles. The molecule has 4 rings (SSSR count). The second-order valence-corrected chi connectivity index (χ2v) is 6.95. The highest BCUT2D eigenvalue weighted by Gasteiger charge is 2.27. The maximum absolute atomic E-state index is 5.27. The molecule has 0 saturated heterocycles. The lowest BCUT2D eigenvalue weighted by Crippen LogP contribution is -3.00. The minimum atomic E-state index is 0. The van der Waals surface area contributed by atoms with Gasteiger partial charge in [-0.25, -0.2) is 4.58 Å². The van der Waals surface area contributed by atoms with Crippen LogP contribution in [-0.2, 0) is 13.0 Å². The van der Waals surface area contributed by atoms with E-state index in [0.29, 0.717) is 0 Å². The monoisotopic (exact) mass is 461 g/mol. The SMILES string of the molecule is COc1ccc(C[N+]2=C(c3cccs3)c3ccccc3CC2)cc1.[I-]. The lowest BCUT2D eigenvalue weighted by Gasteiger charge is -2.18. The number of methoxy groups -OCH3 is 1. The number of nitrogens with zero attached hydrogens (tertiary/aromatic N) is 1. The third kappa shape index (κ3) is 3.80. The van der Waals surface area contributed by atoms with Crippen molar-refractivity contribution < 1.29 is 33.3 Å². The van der Waals surface area contributed by atoms with E-state index < -0.39 is 0 Å². The molecule has 0 spiro atoms. The van der Waals surface area contributed by atoms with Gasteiger partial charge in [-0.15, -0.1) is 11.3 Å². The fourth-order valence-corrected chi connectivity index (χ4v) is 4.13. The number of hydrogen-bond donors (Lipinski definition) is 0. The fourth-order valence-electron chi connectivity index (χ4n) is 3.32. The summed E-state index contributed by atoms with van der Waals surface area (Å²) in [5.74, 6) is 0.908. The summed E-state index contributed by atoms with van der Waals surface area (Å²) in [5.41, 5.74) is 5.50. The zero-order valence-electron chi connectivity index (χ0n) is 14.1. The van der Waals surface area contributed by atoms with Crippen LogP contribution >= 0.6 is 11.3 Å². The van der Waals surface area contributed by atoms with Gasteiger partial charge in [0.2, 0.25) is 5.71 Å². The molecule has 1 aliphatic heterocycles. The van der Waals surface area contributed by atoms with Gasteiger partial charge in [0.1, 0.15) is 12.3 Å². The molecule has 2 aromatic carbocycles. The minimum Gasteiger partial charge on any atom is -1.00 e. The molecule has 0 fully saturated rings. The van der Waals surface area contributed by atoms with E-state index in [-0.39, 0.29) is 24.0 Å². The maximum Gasteiger partial charge on any atom is 0.225 e. The lowest BCUT2D eigenvalue weighted by molar-refractivity contribution is -0.544. The number of benzene rings is 2. The van der Waals surface area contributed by atoms with E-state index in [0.717, 1.165) is 25.3 Å². The fraction of sp³-hybridized carbons (Fsp3) is 0.190. The van der Waals surface area contributed by atoms with Gasteiger partial charge in [0, 0.05) is 12.0 Å². The molecule has 0 aliphatic carbocycles. The number of rotatable bonds is 4. The molecular formula is C21H20INOS. The summed E-state index contributed by atoms with van der Waals surface area (Å²) in [5, 5.41) is 2.16. The van der Waals surface area contributed by atoms with Gasteiger partial charge in [-0.1, -0.05) is 24.3 Å². The molecular weight excluding hydrogens is 441 g/mol. The normalized spacial score (nSPS) is 13.2. The molecule has 3 aromatic rings. The summed E-state index contributed by atoms with van der Waals surface area (Å²) in [4.78, 5) is 1.34. The van der Waals surface area contributed by atoms with Crippen molar-refractivity contribution in [2.75, 3.05) is 13.7 Å². The van der Waals surface area contributed by atoms with Gasteiger partial charge in [-0.3, -0.25) is 0 Å². The standard InChI is InChI=1S/C21H20NOS.HI/c1-23-18-10-8-16(9-11-18)15-22-13-12-17-5-2-3-6-19(17)21(22)20-7-4-14-24-20;/h2-11,14H,12-13,15H2,1H3;1H/q+1;/p-1. The maximum atomic E-state index is 5.27. The Bertz CT molecular complexity index is 869.